The first-order valence-corrected chi connectivity index (χ1v) is 6.21. The number of hydrogen-bond acceptors (Lipinski definition) is 2. The predicted molar refractivity (Wildman–Crippen MR) is 65.1 cm³/mol. The zero-order chi connectivity index (χ0) is 12.0. The van der Waals surface area contributed by atoms with Crippen molar-refractivity contribution >= 4 is 5.78 Å². The summed E-state index contributed by atoms with van der Waals surface area (Å²) in [5.74, 6) is 6.54. The van der Waals surface area contributed by atoms with E-state index in [1.165, 1.54) is 0 Å². The van der Waals surface area contributed by atoms with Crippen LogP contribution >= 0.6 is 0 Å². The lowest BCUT2D eigenvalue weighted by atomic mass is 9.76. The van der Waals surface area contributed by atoms with Crippen molar-refractivity contribution in [2.75, 3.05) is 6.61 Å². The smallest absolute Gasteiger partial charge is 0.176 e. The Labute approximate surface area is 98.8 Å². The summed E-state index contributed by atoms with van der Waals surface area (Å²) >= 11 is 0. The summed E-state index contributed by atoms with van der Waals surface area (Å²) in [4.78, 5) is 12.1. The first-order chi connectivity index (χ1) is 7.64. The van der Waals surface area contributed by atoms with Crippen molar-refractivity contribution in [1.82, 2.24) is 0 Å². The fourth-order valence-electron chi connectivity index (χ4n) is 2.34. The van der Waals surface area contributed by atoms with Crippen LogP contribution in [-0.4, -0.2) is 18.0 Å². The van der Waals surface area contributed by atoms with Crippen molar-refractivity contribution in [2.24, 2.45) is 5.92 Å². The van der Waals surface area contributed by atoms with Gasteiger partial charge in [0.15, 0.2) is 5.78 Å². The molecule has 0 saturated heterocycles. The molecule has 0 bridgehead atoms. The molecule has 0 amide bonds. The summed E-state index contributed by atoms with van der Waals surface area (Å²) < 4.78 is 5.76. The van der Waals surface area contributed by atoms with E-state index in [2.05, 4.69) is 18.8 Å². The number of carbonyl (C=O) groups excluding carboxylic acids is 1. The summed E-state index contributed by atoms with van der Waals surface area (Å²) in [6.45, 7) is 6.58. The third-order valence-electron chi connectivity index (χ3n) is 3.44. The van der Waals surface area contributed by atoms with Gasteiger partial charge in [0, 0.05) is 6.61 Å². The lowest BCUT2D eigenvalue weighted by Gasteiger charge is -2.37. The molecule has 0 spiro atoms. The van der Waals surface area contributed by atoms with Crippen molar-refractivity contribution in [3.05, 3.63) is 0 Å². The van der Waals surface area contributed by atoms with Gasteiger partial charge >= 0.3 is 0 Å². The molecule has 0 radical (unpaired) electrons. The topological polar surface area (TPSA) is 26.3 Å². The molecular formula is C14H22O2. The van der Waals surface area contributed by atoms with E-state index in [1.807, 2.05) is 6.92 Å². The summed E-state index contributed by atoms with van der Waals surface area (Å²) in [6, 6.07) is 0. The standard InChI is InChI=1S/C14H22O2/c1-4-6-7-13(15)14(16-5-2)10-8-12(3)9-11-14/h12H,5,7-11H2,1-3H3. The number of hydrogen-bond donors (Lipinski definition) is 0. The molecule has 0 unspecified atom stereocenters. The Hall–Kier alpha value is -0.810. The minimum absolute atomic E-state index is 0.176. The van der Waals surface area contributed by atoms with Crippen LogP contribution in [0.4, 0.5) is 0 Å². The normalized spacial score (nSPS) is 29.3. The van der Waals surface area contributed by atoms with Gasteiger partial charge in [-0.3, -0.25) is 4.79 Å². The molecule has 0 aromatic carbocycles. The Morgan fingerprint density at radius 2 is 2.06 bits per heavy atom. The van der Waals surface area contributed by atoms with Gasteiger partial charge in [0.25, 0.3) is 0 Å². The van der Waals surface area contributed by atoms with E-state index >= 15 is 0 Å². The number of ketones is 1. The molecular weight excluding hydrogens is 200 g/mol. The molecule has 0 aliphatic heterocycles. The van der Waals surface area contributed by atoms with Gasteiger partial charge in [0.2, 0.25) is 0 Å². The van der Waals surface area contributed by atoms with E-state index in [4.69, 9.17) is 4.74 Å². The number of ether oxygens (including phenoxy) is 1. The fourth-order valence-corrected chi connectivity index (χ4v) is 2.34. The van der Waals surface area contributed by atoms with Gasteiger partial charge in [-0.1, -0.05) is 12.8 Å². The van der Waals surface area contributed by atoms with Crippen LogP contribution in [0.3, 0.4) is 0 Å². The summed E-state index contributed by atoms with van der Waals surface area (Å²) in [6.07, 6.45) is 4.25. The van der Waals surface area contributed by atoms with Crippen LogP contribution in [-0.2, 0) is 9.53 Å². The van der Waals surface area contributed by atoms with Crippen molar-refractivity contribution in [1.29, 1.82) is 0 Å². The van der Waals surface area contributed by atoms with E-state index in [1.54, 1.807) is 6.92 Å². The Kier molecular flexibility index (Phi) is 5.02. The Balaban J connectivity index is 2.70. The Morgan fingerprint density at radius 3 is 2.56 bits per heavy atom. The molecule has 90 valence electrons. The van der Waals surface area contributed by atoms with Crippen molar-refractivity contribution < 1.29 is 9.53 Å². The molecule has 1 fully saturated rings. The second-order valence-corrected chi connectivity index (χ2v) is 4.64. The summed E-state index contributed by atoms with van der Waals surface area (Å²) in [5, 5.41) is 0. The molecule has 2 heteroatoms. The molecule has 0 aromatic heterocycles. The summed E-state index contributed by atoms with van der Waals surface area (Å²) in [5.41, 5.74) is -0.523. The second kappa shape index (κ2) is 6.06. The first kappa shape index (κ1) is 13.3. The van der Waals surface area contributed by atoms with E-state index in [-0.39, 0.29) is 5.78 Å². The minimum Gasteiger partial charge on any atom is -0.367 e. The second-order valence-electron chi connectivity index (χ2n) is 4.64. The fraction of sp³-hybridized carbons (Fsp3) is 0.786. The van der Waals surface area contributed by atoms with Gasteiger partial charge in [-0.2, -0.15) is 0 Å². The molecule has 1 aliphatic carbocycles. The monoisotopic (exact) mass is 222 g/mol. The zero-order valence-electron chi connectivity index (χ0n) is 10.6. The van der Waals surface area contributed by atoms with Gasteiger partial charge in [-0.25, -0.2) is 0 Å². The van der Waals surface area contributed by atoms with Gasteiger partial charge in [-0.05, 0) is 45.4 Å². The number of Topliss-reactive ketones (excluding diaryl/α,β-unsaturated/α-hetero) is 1. The van der Waals surface area contributed by atoms with Crippen molar-refractivity contribution in [2.45, 2.75) is 58.5 Å². The maximum atomic E-state index is 12.1. The van der Waals surface area contributed by atoms with Gasteiger partial charge < -0.3 is 4.74 Å². The molecule has 0 aromatic rings. The van der Waals surface area contributed by atoms with Crippen LogP contribution in [0.1, 0.15) is 52.9 Å². The van der Waals surface area contributed by atoms with Crippen LogP contribution < -0.4 is 0 Å². The maximum Gasteiger partial charge on any atom is 0.176 e. The molecule has 2 nitrogen and oxygen atoms in total. The van der Waals surface area contributed by atoms with E-state index in [0.29, 0.717) is 13.0 Å². The maximum absolute atomic E-state index is 12.1. The highest BCUT2D eigenvalue weighted by Gasteiger charge is 2.40. The van der Waals surface area contributed by atoms with Crippen LogP contribution in [0.25, 0.3) is 0 Å². The Bertz CT molecular complexity index is 288. The average molecular weight is 222 g/mol. The molecule has 0 N–H and O–H groups in total. The van der Waals surface area contributed by atoms with Gasteiger partial charge in [0.05, 0.1) is 6.42 Å². The first-order valence-electron chi connectivity index (χ1n) is 6.21. The molecule has 0 heterocycles. The predicted octanol–water partition coefficient (Wildman–Crippen LogP) is 2.95. The van der Waals surface area contributed by atoms with E-state index in [0.717, 1.165) is 31.6 Å². The highest BCUT2D eigenvalue weighted by atomic mass is 16.5. The molecule has 1 saturated carbocycles. The van der Waals surface area contributed by atoms with Crippen molar-refractivity contribution in [3.63, 3.8) is 0 Å². The SMILES string of the molecule is CC#CCC(=O)C1(OCC)CCC(C)CC1. The lowest BCUT2D eigenvalue weighted by molar-refractivity contribution is -0.149. The molecule has 1 rings (SSSR count). The van der Waals surface area contributed by atoms with Gasteiger partial charge in [0.1, 0.15) is 5.60 Å². The van der Waals surface area contributed by atoms with Crippen LogP contribution in [0.5, 0.6) is 0 Å². The highest BCUT2D eigenvalue weighted by Crippen LogP contribution is 2.36. The highest BCUT2D eigenvalue weighted by molar-refractivity contribution is 5.89. The third kappa shape index (κ3) is 3.09. The van der Waals surface area contributed by atoms with E-state index in [9.17, 15) is 4.79 Å². The lowest BCUT2D eigenvalue weighted by Crippen LogP contribution is -2.44. The largest absolute Gasteiger partial charge is 0.367 e. The third-order valence-corrected chi connectivity index (χ3v) is 3.44. The van der Waals surface area contributed by atoms with E-state index < -0.39 is 5.60 Å². The quantitative estimate of drug-likeness (QED) is 0.684. The number of carbonyl (C=O) groups is 1. The van der Waals surface area contributed by atoms with Crippen LogP contribution in [0.15, 0.2) is 0 Å². The molecule has 16 heavy (non-hydrogen) atoms. The van der Waals surface area contributed by atoms with Crippen LogP contribution in [0.2, 0.25) is 0 Å². The van der Waals surface area contributed by atoms with Gasteiger partial charge in [-0.15, -0.1) is 5.92 Å². The zero-order valence-corrected chi connectivity index (χ0v) is 10.6. The van der Waals surface area contributed by atoms with Crippen LogP contribution in [0, 0.1) is 17.8 Å². The summed E-state index contributed by atoms with van der Waals surface area (Å²) in [7, 11) is 0. The number of rotatable bonds is 4. The average Bonchev–Trinajstić information content (AvgIpc) is 2.29. The molecule has 1 aliphatic rings. The molecule has 0 atom stereocenters. The van der Waals surface area contributed by atoms with Crippen molar-refractivity contribution in [3.8, 4) is 11.8 Å². The Morgan fingerprint density at radius 1 is 1.44 bits per heavy atom. The minimum atomic E-state index is -0.523.